The number of benzene rings is 3. The van der Waals surface area contributed by atoms with Crippen molar-refractivity contribution >= 4 is 13.3 Å². The molecule has 0 saturated heterocycles. The third-order valence-corrected chi connectivity index (χ3v) is 11.2. The summed E-state index contributed by atoms with van der Waals surface area (Å²) in [6.45, 7) is 4.76. The maximum Gasteiger partial charge on any atom is 0.115 e. The molecule has 180 valence electrons. The van der Waals surface area contributed by atoms with Crippen LogP contribution in [0.5, 0.6) is 0 Å². The van der Waals surface area contributed by atoms with Crippen molar-refractivity contribution in [1.82, 2.24) is 0 Å². The number of aliphatic hydroxyl groups excluding tert-OH is 3. The van der Waals surface area contributed by atoms with Gasteiger partial charge in [0.2, 0.25) is 0 Å². The molecule has 0 radical (unpaired) electrons. The lowest BCUT2D eigenvalue weighted by molar-refractivity contribution is -0.216. The second kappa shape index (κ2) is 10.9. The molecule has 3 aromatic carbocycles. The molecule has 1 aliphatic rings. The molecular formula is C28H34O5Si. The van der Waals surface area contributed by atoms with Crippen LogP contribution in [0.4, 0.5) is 0 Å². The van der Waals surface area contributed by atoms with E-state index in [4.69, 9.17) is 9.47 Å². The quantitative estimate of drug-likeness (QED) is 0.433. The van der Waals surface area contributed by atoms with Gasteiger partial charge >= 0.3 is 0 Å². The Morgan fingerprint density at radius 1 is 0.588 bits per heavy atom. The Morgan fingerprint density at radius 3 is 1.47 bits per heavy atom. The number of hydrogen-bond donors (Lipinski definition) is 3. The first-order valence-electron chi connectivity index (χ1n) is 11.8. The SMILES string of the molecule is C[Si](C)(c1ccccc1)[C@@H]1[C@@H](O)[C@@H](O)[C@@H](OCc2ccccc2)[C@H](OCc2ccccc2)[C@@H]1O. The second-order valence-electron chi connectivity index (χ2n) is 9.61. The fraction of sp³-hybridized carbons (Fsp3) is 0.357. The largest absolute Gasteiger partial charge is 0.390 e. The predicted molar refractivity (Wildman–Crippen MR) is 135 cm³/mol. The van der Waals surface area contributed by atoms with Gasteiger partial charge in [0, 0.05) is 5.54 Å². The highest BCUT2D eigenvalue weighted by atomic mass is 28.3. The minimum atomic E-state index is -2.41. The van der Waals surface area contributed by atoms with Crippen LogP contribution >= 0.6 is 0 Å². The normalized spacial score (nSPS) is 27.4. The molecule has 0 aliphatic heterocycles. The Labute approximate surface area is 202 Å². The summed E-state index contributed by atoms with van der Waals surface area (Å²) in [4.78, 5) is 0. The molecule has 0 bridgehead atoms. The Hall–Kier alpha value is -2.32. The zero-order valence-electron chi connectivity index (χ0n) is 19.7. The summed E-state index contributed by atoms with van der Waals surface area (Å²) >= 11 is 0. The van der Waals surface area contributed by atoms with Gasteiger partial charge in [-0.15, -0.1) is 0 Å². The van der Waals surface area contributed by atoms with E-state index in [1.54, 1.807) is 0 Å². The zero-order valence-corrected chi connectivity index (χ0v) is 20.7. The van der Waals surface area contributed by atoms with E-state index in [0.717, 1.165) is 16.3 Å². The molecule has 6 atom stereocenters. The van der Waals surface area contributed by atoms with E-state index >= 15 is 0 Å². The first-order valence-corrected chi connectivity index (χ1v) is 14.9. The van der Waals surface area contributed by atoms with Crippen LogP contribution in [0.1, 0.15) is 11.1 Å². The summed E-state index contributed by atoms with van der Waals surface area (Å²) in [6.07, 6.45) is -4.97. The van der Waals surface area contributed by atoms with Crippen molar-refractivity contribution in [3.8, 4) is 0 Å². The van der Waals surface area contributed by atoms with Gasteiger partial charge in [0.1, 0.15) is 18.3 Å². The summed E-state index contributed by atoms with van der Waals surface area (Å²) < 4.78 is 12.3. The minimum absolute atomic E-state index is 0.247. The summed E-state index contributed by atoms with van der Waals surface area (Å²) in [6, 6.07) is 29.4. The van der Waals surface area contributed by atoms with Crippen molar-refractivity contribution in [2.24, 2.45) is 0 Å². The summed E-state index contributed by atoms with van der Waals surface area (Å²) in [5, 5.41) is 35.2. The number of aliphatic hydroxyl groups is 3. The Balaban J connectivity index is 1.61. The van der Waals surface area contributed by atoms with Gasteiger partial charge in [-0.05, 0) is 11.1 Å². The van der Waals surface area contributed by atoms with Crippen molar-refractivity contribution in [2.45, 2.75) is 62.4 Å². The van der Waals surface area contributed by atoms with Crippen molar-refractivity contribution < 1.29 is 24.8 Å². The third-order valence-electron chi connectivity index (χ3n) is 7.00. The fourth-order valence-electron chi connectivity index (χ4n) is 5.04. The lowest BCUT2D eigenvalue weighted by Crippen LogP contribution is -2.67. The maximum absolute atomic E-state index is 11.6. The number of rotatable bonds is 8. The van der Waals surface area contributed by atoms with Gasteiger partial charge in [-0.3, -0.25) is 0 Å². The minimum Gasteiger partial charge on any atom is -0.390 e. The molecule has 6 heteroatoms. The lowest BCUT2D eigenvalue weighted by Gasteiger charge is -2.50. The molecule has 0 unspecified atom stereocenters. The topological polar surface area (TPSA) is 79.2 Å². The van der Waals surface area contributed by atoms with E-state index in [1.807, 2.05) is 91.0 Å². The monoisotopic (exact) mass is 478 g/mol. The van der Waals surface area contributed by atoms with E-state index in [2.05, 4.69) is 13.1 Å². The van der Waals surface area contributed by atoms with E-state index in [1.165, 1.54) is 0 Å². The van der Waals surface area contributed by atoms with Crippen LogP contribution in [0.15, 0.2) is 91.0 Å². The first kappa shape index (κ1) is 24.8. The van der Waals surface area contributed by atoms with Crippen molar-refractivity contribution in [1.29, 1.82) is 0 Å². The van der Waals surface area contributed by atoms with Gasteiger partial charge in [-0.2, -0.15) is 0 Å². The standard InChI is InChI=1S/C28H34O5Si/c1-34(2,22-16-10-5-11-17-22)28-24(30)23(29)26(32-18-20-12-6-3-7-13-20)27(25(28)31)33-19-21-14-8-4-9-15-21/h3-17,23-31H,18-19H2,1-2H3/t23-,24+,25+,26-,27-,28-/m1/s1. The molecule has 5 nitrogen and oxygen atoms in total. The molecule has 1 fully saturated rings. The zero-order chi connectivity index (χ0) is 24.1. The molecule has 1 aliphatic carbocycles. The third kappa shape index (κ3) is 5.33. The van der Waals surface area contributed by atoms with Crippen molar-refractivity contribution in [2.75, 3.05) is 0 Å². The maximum atomic E-state index is 11.6. The van der Waals surface area contributed by atoms with E-state index in [0.29, 0.717) is 0 Å². The number of ether oxygens (including phenoxy) is 2. The summed E-state index contributed by atoms with van der Waals surface area (Å²) in [7, 11) is -2.41. The van der Waals surface area contributed by atoms with Gasteiger partial charge < -0.3 is 24.8 Å². The van der Waals surface area contributed by atoms with Crippen molar-refractivity contribution in [3.63, 3.8) is 0 Å². The lowest BCUT2D eigenvalue weighted by atomic mass is 9.86. The number of hydrogen-bond acceptors (Lipinski definition) is 5. The molecule has 3 aromatic rings. The van der Waals surface area contributed by atoms with Crippen LogP contribution < -0.4 is 5.19 Å². The molecule has 4 rings (SSSR count). The Morgan fingerprint density at radius 2 is 1.00 bits per heavy atom. The van der Waals surface area contributed by atoms with Crippen LogP contribution in [0.3, 0.4) is 0 Å². The Bertz CT molecular complexity index is 1010. The highest BCUT2D eigenvalue weighted by Gasteiger charge is 2.56. The first-order chi connectivity index (χ1) is 16.4. The highest BCUT2D eigenvalue weighted by molar-refractivity contribution is 6.91. The molecule has 0 aromatic heterocycles. The molecular weight excluding hydrogens is 444 g/mol. The summed E-state index contributed by atoms with van der Waals surface area (Å²) in [5.41, 5.74) is 1.39. The summed E-state index contributed by atoms with van der Waals surface area (Å²) in [5.74, 6) is 0. The van der Waals surface area contributed by atoms with E-state index in [-0.39, 0.29) is 13.2 Å². The molecule has 0 heterocycles. The average Bonchev–Trinajstić information content (AvgIpc) is 2.86. The van der Waals surface area contributed by atoms with Gasteiger partial charge in [0.15, 0.2) is 0 Å². The van der Waals surface area contributed by atoms with Crippen molar-refractivity contribution in [3.05, 3.63) is 102 Å². The molecule has 0 amide bonds. The fourth-order valence-corrected chi connectivity index (χ4v) is 8.57. The molecule has 0 spiro atoms. The Kier molecular flexibility index (Phi) is 7.98. The molecule has 1 saturated carbocycles. The van der Waals surface area contributed by atoms with Crippen LogP contribution in [0.2, 0.25) is 18.6 Å². The van der Waals surface area contributed by atoms with Crippen LogP contribution in [-0.4, -0.2) is 53.9 Å². The van der Waals surface area contributed by atoms with Gasteiger partial charge in [-0.25, -0.2) is 0 Å². The highest BCUT2D eigenvalue weighted by Crippen LogP contribution is 2.40. The average molecular weight is 479 g/mol. The van der Waals surface area contributed by atoms with Crippen LogP contribution in [-0.2, 0) is 22.7 Å². The predicted octanol–water partition coefficient (Wildman–Crippen LogP) is 3.24. The van der Waals surface area contributed by atoms with Crippen LogP contribution in [0, 0.1) is 0 Å². The van der Waals surface area contributed by atoms with E-state index in [9.17, 15) is 15.3 Å². The molecule has 3 N–H and O–H groups in total. The second-order valence-corrected chi connectivity index (χ2v) is 14.3. The van der Waals surface area contributed by atoms with E-state index < -0.39 is 44.1 Å². The molecule has 34 heavy (non-hydrogen) atoms. The van der Waals surface area contributed by atoms with Gasteiger partial charge in [0.05, 0.1) is 33.5 Å². The van der Waals surface area contributed by atoms with Gasteiger partial charge in [0.25, 0.3) is 0 Å². The van der Waals surface area contributed by atoms with Crippen LogP contribution in [0.25, 0.3) is 0 Å². The van der Waals surface area contributed by atoms with Gasteiger partial charge in [-0.1, -0.05) is 109 Å². The smallest absolute Gasteiger partial charge is 0.115 e.